The third-order valence-electron chi connectivity index (χ3n) is 6.61. The van der Waals surface area contributed by atoms with Gasteiger partial charge < -0.3 is 14.6 Å². The Bertz CT molecular complexity index is 1500. The summed E-state index contributed by atoms with van der Waals surface area (Å²) >= 11 is 20.5. The Morgan fingerprint density at radius 2 is 1.90 bits per heavy atom. The van der Waals surface area contributed by atoms with Gasteiger partial charge in [0, 0.05) is 36.6 Å². The third-order valence-corrected chi connectivity index (χ3v) is 9.60. The lowest BCUT2D eigenvalue weighted by Gasteiger charge is -2.27. The largest absolute Gasteiger partial charge is 0.493 e. The zero-order valence-corrected chi connectivity index (χ0v) is 25.8. The Hall–Kier alpha value is -2.44. The molecule has 5 rings (SSSR count). The summed E-state index contributed by atoms with van der Waals surface area (Å²) in [6.07, 6.45) is 2.43. The highest BCUT2D eigenvalue weighted by Gasteiger charge is 2.31. The van der Waals surface area contributed by atoms with E-state index in [0.717, 1.165) is 34.7 Å². The Labute approximate surface area is 261 Å². The topological polar surface area (TPSA) is 79.3 Å². The molecule has 0 bridgehead atoms. The van der Waals surface area contributed by atoms with Gasteiger partial charge in [-0.1, -0.05) is 53.2 Å². The molecule has 2 aliphatic heterocycles. The van der Waals surface area contributed by atoms with E-state index in [2.05, 4.69) is 4.90 Å². The van der Waals surface area contributed by atoms with Gasteiger partial charge in [-0.25, -0.2) is 4.79 Å². The van der Waals surface area contributed by atoms with Crippen molar-refractivity contribution < 1.29 is 24.2 Å². The summed E-state index contributed by atoms with van der Waals surface area (Å²) in [7, 11) is 0. The zero-order chi connectivity index (χ0) is 28.9. The van der Waals surface area contributed by atoms with Crippen molar-refractivity contribution in [3.63, 3.8) is 0 Å². The number of thiophene rings is 1. The number of morpholine rings is 1. The van der Waals surface area contributed by atoms with E-state index >= 15 is 0 Å². The molecule has 3 heterocycles. The summed E-state index contributed by atoms with van der Waals surface area (Å²) in [4.78, 5) is 30.0. The van der Waals surface area contributed by atoms with Crippen LogP contribution in [0.4, 0.5) is 0 Å². The van der Waals surface area contributed by atoms with Gasteiger partial charge in [-0.05, 0) is 65.4 Å². The number of aromatic carboxylic acids is 1. The molecule has 2 fully saturated rings. The van der Waals surface area contributed by atoms with Crippen LogP contribution in [0.5, 0.6) is 5.75 Å². The Morgan fingerprint density at radius 3 is 2.66 bits per heavy atom. The van der Waals surface area contributed by atoms with E-state index < -0.39 is 5.97 Å². The number of carboxylic acid groups (broad SMARTS) is 1. The number of hydrogen-bond donors (Lipinski definition) is 1. The first-order valence-corrected chi connectivity index (χ1v) is 15.7. The van der Waals surface area contributed by atoms with E-state index in [4.69, 9.17) is 44.9 Å². The molecule has 7 nitrogen and oxygen atoms in total. The van der Waals surface area contributed by atoms with E-state index in [0.29, 0.717) is 64.4 Å². The zero-order valence-electron chi connectivity index (χ0n) is 21.8. The number of rotatable bonds is 10. The predicted molar refractivity (Wildman–Crippen MR) is 169 cm³/mol. The molecule has 3 aromatic rings. The van der Waals surface area contributed by atoms with Crippen LogP contribution in [0, 0.1) is 0 Å². The standard InChI is InChI=1S/C29H26Cl2N2O5S3/c30-23-4-2-18(14-24(23)31)21-13-22(40-17-21)15-26-27(34)33(29(39)41-26)6-1-9-38-25-5-3-19(28(35)36)12-20(25)16-32-7-10-37-11-8-32/h2-5,12-15,17H,1,6-11,16H2,(H,35,36). The number of carbonyl (C=O) groups excluding carboxylic acids is 1. The highest BCUT2D eigenvalue weighted by atomic mass is 35.5. The SMILES string of the molecule is O=C(O)c1ccc(OCCCN2C(=O)C(=Cc3cc(-c4ccc(Cl)c(Cl)c4)cs3)SC2=S)c(CN2CCOCC2)c1. The van der Waals surface area contributed by atoms with Gasteiger partial charge >= 0.3 is 5.97 Å². The van der Waals surface area contributed by atoms with Crippen LogP contribution in [-0.2, 0) is 16.1 Å². The lowest BCUT2D eigenvalue weighted by Crippen LogP contribution is -2.35. The molecule has 0 unspecified atom stereocenters. The molecular weight excluding hydrogens is 623 g/mol. The van der Waals surface area contributed by atoms with Crippen LogP contribution in [-0.4, -0.2) is 70.6 Å². The van der Waals surface area contributed by atoms with Crippen LogP contribution in [0.3, 0.4) is 0 Å². The monoisotopic (exact) mass is 648 g/mol. The van der Waals surface area contributed by atoms with Crippen molar-refractivity contribution in [2.24, 2.45) is 0 Å². The molecule has 2 aliphatic rings. The number of thiocarbonyl (C=S) groups is 1. The second kappa shape index (κ2) is 13.7. The summed E-state index contributed by atoms with van der Waals surface area (Å²) in [6.45, 7) is 4.22. The van der Waals surface area contributed by atoms with E-state index in [1.165, 1.54) is 23.1 Å². The number of carboxylic acids is 1. The van der Waals surface area contributed by atoms with Crippen molar-refractivity contribution >= 4 is 80.8 Å². The highest BCUT2D eigenvalue weighted by molar-refractivity contribution is 8.26. The van der Waals surface area contributed by atoms with Crippen LogP contribution < -0.4 is 4.74 Å². The summed E-state index contributed by atoms with van der Waals surface area (Å²) in [5.74, 6) is -0.458. The number of hydrogen-bond acceptors (Lipinski definition) is 8. The van der Waals surface area contributed by atoms with E-state index in [1.54, 1.807) is 29.2 Å². The van der Waals surface area contributed by atoms with Crippen molar-refractivity contribution in [2.45, 2.75) is 13.0 Å². The lowest BCUT2D eigenvalue weighted by molar-refractivity contribution is -0.122. The smallest absolute Gasteiger partial charge is 0.335 e. The van der Waals surface area contributed by atoms with Gasteiger partial charge in [0.1, 0.15) is 10.1 Å². The summed E-state index contributed by atoms with van der Waals surface area (Å²) in [5, 5.41) is 12.4. The fraction of sp³-hybridized carbons (Fsp3) is 0.276. The molecule has 2 aromatic carbocycles. The molecule has 1 N–H and O–H groups in total. The average Bonchev–Trinajstić information content (AvgIpc) is 3.53. The van der Waals surface area contributed by atoms with Crippen molar-refractivity contribution in [3.8, 4) is 16.9 Å². The minimum atomic E-state index is -0.977. The number of carbonyl (C=O) groups is 2. The first-order chi connectivity index (χ1) is 19.8. The second-order valence-electron chi connectivity index (χ2n) is 9.42. The summed E-state index contributed by atoms with van der Waals surface area (Å²) in [5.41, 5.74) is 2.99. The second-order valence-corrected chi connectivity index (χ2v) is 12.9. The first kappa shape index (κ1) is 30.0. The Kier molecular flexibility index (Phi) is 10.0. The lowest BCUT2D eigenvalue weighted by atomic mass is 10.1. The number of benzene rings is 2. The minimum Gasteiger partial charge on any atom is -0.493 e. The highest BCUT2D eigenvalue weighted by Crippen LogP contribution is 2.36. The van der Waals surface area contributed by atoms with Crippen LogP contribution >= 0.6 is 58.5 Å². The fourth-order valence-corrected chi connectivity index (χ4v) is 6.98. The molecule has 1 aromatic heterocycles. The number of thioether (sulfide) groups is 1. The number of amides is 1. The number of halogens is 2. The van der Waals surface area contributed by atoms with Crippen molar-refractivity contribution in [1.82, 2.24) is 9.80 Å². The van der Waals surface area contributed by atoms with Gasteiger partial charge in [-0.2, -0.15) is 0 Å². The van der Waals surface area contributed by atoms with Gasteiger partial charge in [-0.15, -0.1) is 11.3 Å². The molecule has 214 valence electrons. The Balaban J connectivity index is 1.18. The maximum absolute atomic E-state index is 13.1. The quantitative estimate of drug-likeness (QED) is 0.144. The third kappa shape index (κ3) is 7.50. The van der Waals surface area contributed by atoms with Crippen LogP contribution in [0.1, 0.15) is 27.2 Å². The van der Waals surface area contributed by atoms with E-state index in [-0.39, 0.29) is 11.5 Å². The molecule has 0 aliphatic carbocycles. The first-order valence-electron chi connectivity index (χ1n) is 12.9. The van der Waals surface area contributed by atoms with Crippen LogP contribution in [0.2, 0.25) is 10.0 Å². The van der Waals surface area contributed by atoms with Crippen molar-refractivity contribution in [1.29, 1.82) is 0 Å². The molecular formula is C29H26Cl2N2O5S3. The molecule has 12 heteroatoms. The number of ether oxygens (including phenoxy) is 2. The maximum atomic E-state index is 13.1. The van der Waals surface area contributed by atoms with Gasteiger partial charge in [0.15, 0.2) is 0 Å². The fourth-order valence-electron chi connectivity index (χ4n) is 4.46. The van der Waals surface area contributed by atoms with E-state index in [9.17, 15) is 14.7 Å². The summed E-state index contributed by atoms with van der Waals surface area (Å²) < 4.78 is 12.0. The summed E-state index contributed by atoms with van der Waals surface area (Å²) in [6, 6.07) is 12.4. The molecule has 41 heavy (non-hydrogen) atoms. The number of nitrogens with zero attached hydrogens (tertiary/aromatic N) is 2. The molecule has 2 saturated heterocycles. The Morgan fingerprint density at radius 1 is 1.10 bits per heavy atom. The molecule has 0 radical (unpaired) electrons. The van der Waals surface area contributed by atoms with Crippen molar-refractivity contribution in [3.05, 3.63) is 78.8 Å². The van der Waals surface area contributed by atoms with Crippen LogP contribution in [0.15, 0.2) is 52.7 Å². The minimum absolute atomic E-state index is 0.122. The molecule has 0 saturated carbocycles. The van der Waals surface area contributed by atoms with Gasteiger partial charge in [0.2, 0.25) is 0 Å². The van der Waals surface area contributed by atoms with Gasteiger partial charge in [0.25, 0.3) is 5.91 Å². The molecule has 1 amide bonds. The van der Waals surface area contributed by atoms with Crippen molar-refractivity contribution in [2.75, 3.05) is 39.5 Å². The molecule has 0 spiro atoms. The van der Waals surface area contributed by atoms with Gasteiger partial charge in [-0.3, -0.25) is 14.6 Å². The van der Waals surface area contributed by atoms with E-state index in [1.807, 2.05) is 29.7 Å². The molecule has 0 atom stereocenters. The predicted octanol–water partition coefficient (Wildman–Crippen LogP) is 6.92. The van der Waals surface area contributed by atoms with Crippen LogP contribution in [0.25, 0.3) is 17.2 Å². The van der Waals surface area contributed by atoms with Gasteiger partial charge in [0.05, 0.1) is 40.3 Å². The average molecular weight is 650 g/mol. The normalized spacial score (nSPS) is 17.0. The maximum Gasteiger partial charge on any atom is 0.335 e.